The van der Waals surface area contributed by atoms with E-state index in [1.54, 1.807) is 0 Å². The van der Waals surface area contributed by atoms with Gasteiger partial charge in [-0.15, -0.1) is 0 Å². The molecular formula is C17H22N2O2. The van der Waals surface area contributed by atoms with E-state index in [-0.39, 0.29) is 5.91 Å². The number of fused-ring (bicyclic) bond motifs is 1. The molecule has 2 unspecified atom stereocenters. The molecule has 1 N–H and O–H groups in total. The van der Waals surface area contributed by atoms with Gasteiger partial charge in [0, 0.05) is 19.1 Å². The van der Waals surface area contributed by atoms with Gasteiger partial charge in [0.05, 0.1) is 12.5 Å². The van der Waals surface area contributed by atoms with Gasteiger partial charge in [-0.2, -0.15) is 0 Å². The molecule has 3 aliphatic rings. The Bertz CT molecular complexity index is 554. The molecule has 1 amide bonds. The van der Waals surface area contributed by atoms with Crippen LogP contribution in [-0.4, -0.2) is 42.6 Å². The van der Waals surface area contributed by atoms with E-state index in [2.05, 4.69) is 22.3 Å². The van der Waals surface area contributed by atoms with Crippen LogP contribution in [0.25, 0.3) is 0 Å². The van der Waals surface area contributed by atoms with Crippen LogP contribution in [0.3, 0.4) is 0 Å². The van der Waals surface area contributed by atoms with Crippen LogP contribution in [-0.2, 0) is 17.6 Å². The first-order chi connectivity index (χ1) is 10.3. The van der Waals surface area contributed by atoms with Crippen LogP contribution in [0.4, 0.5) is 0 Å². The average molecular weight is 286 g/mol. The van der Waals surface area contributed by atoms with Crippen molar-refractivity contribution in [3.8, 4) is 5.75 Å². The standard InChI is InChI=1S/C17H22N2O2/c20-17-9-13-8-16(5-4-12(13)6-7-18-17)21-11-15-10-19(15)14-2-1-3-14/h4-5,8,14-15H,1-3,6-7,9-11H2,(H,18,20). The summed E-state index contributed by atoms with van der Waals surface area (Å²) in [5.41, 5.74) is 2.39. The fourth-order valence-corrected chi connectivity index (χ4v) is 3.38. The largest absolute Gasteiger partial charge is 0.492 e. The lowest BCUT2D eigenvalue weighted by Crippen LogP contribution is -2.29. The Hall–Kier alpha value is -1.55. The van der Waals surface area contributed by atoms with Gasteiger partial charge in [-0.3, -0.25) is 9.69 Å². The van der Waals surface area contributed by atoms with Gasteiger partial charge in [0.2, 0.25) is 5.91 Å². The summed E-state index contributed by atoms with van der Waals surface area (Å²) in [6.07, 6.45) is 5.51. The van der Waals surface area contributed by atoms with Gasteiger partial charge in [0.25, 0.3) is 0 Å². The molecule has 112 valence electrons. The van der Waals surface area contributed by atoms with Gasteiger partial charge in [-0.05, 0) is 42.5 Å². The van der Waals surface area contributed by atoms with E-state index in [4.69, 9.17) is 4.74 Å². The number of nitrogens with one attached hydrogen (secondary N) is 1. The van der Waals surface area contributed by atoms with Crippen molar-refractivity contribution >= 4 is 5.91 Å². The van der Waals surface area contributed by atoms with Gasteiger partial charge in [-0.1, -0.05) is 12.5 Å². The van der Waals surface area contributed by atoms with Crippen LogP contribution >= 0.6 is 0 Å². The van der Waals surface area contributed by atoms with Gasteiger partial charge in [-0.25, -0.2) is 0 Å². The Balaban J connectivity index is 1.36. The lowest BCUT2D eigenvalue weighted by molar-refractivity contribution is -0.120. The smallest absolute Gasteiger partial charge is 0.224 e. The van der Waals surface area contributed by atoms with Crippen LogP contribution in [0, 0.1) is 0 Å². The molecule has 1 aromatic carbocycles. The minimum Gasteiger partial charge on any atom is -0.492 e. The van der Waals surface area contributed by atoms with Gasteiger partial charge >= 0.3 is 0 Å². The summed E-state index contributed by atoms with van der Waals surface area (Å²) in [5, 5.41) is 2.92. The highest BCUT2D eigenvalue weighted by Crippen LogP contribution is 2.34. The third-order valence-electron chi connectivity index (χ3n) is 4.99. The number of ether oxygens (including phenoxy) is 1. The molecular weight excluding hydrogens is 264 g/mol. The first-order valence-electron chi connectivity index (χ1n) is 8.06. The molecule has 2 fully saturated rings. The number of carbonyl (C=O) groups is 1. The van der Waals surface area contributed by atoms with E-state index in [9.17, 15) is 4.79 Å². The number of rotatable bonds is 4. The summed E-state index contributed by atoms with van der Waals surface area (Å²) in [4.78, 5) is 14.2. The number of hydrogen-bond acceptors (Lipinski definition) is 3. The van der Waals surface area contributed by atoms with Crippen LogP contribution in [0.5, 0.6) is 5.75 Å². The van der Waals surface area contributed by atoms with E-state index in [0.717, 1.165) is 36.9 Å². The number of benzene rings is 1. The first-order valence-corrected chi connectivity index (χ1v) is 8.06. The van der Waals surface area contributed by atoms with Crippen LogP contribution in [0.2, 0.25) is 0 Å². The van der Waals surface area contributed by atoms with Crippen molar-refractivity contribution in [2.75, 3.05) is 19.7 Å². The average Bonchev–Trinajstić information content (AvgIpc) is 3.17. The molecule has 1 aromatic rings. The number of hydrogen-bond donors (Lipinski definition) is 1. The Morgan fingerprint density at radius 1 is 1.29 bits per heavy atom. The monoisotopic (exact) mass is 286 g/mol. The zero-order valence-electron chi connectivity index (χ0n) is 12.3. The highest BCUT2D eigenvalue weighted by atomic mass is 16.5. The molecule has 0 aromatic heterocycles. The summed E-state index contributed by atoms with van der Waals surface area (Å²) in [6, 6.07) is 7.65. The summed E-state index contributed by atoms with van der Waals surface area (Å²) >= 11 is 0. The molecule has 1 aliphatic carbocycles. The zero-order chi connectivity index (χ0) is 14.2. The van der Waals surface area contributed by atoms with E-state index >= 15 is 0 Å². The molecule has 4 nitrogen and oxygen atoms in total. The second-order valence-electron chi connectivity index (χ2n) is 6.45. The van der Waals surface area contributed by atoms with Crippen molar-refractivity contribution in [3.05, 3.63) is 29.3 Å². The molecule has 21 heavy (non-hydrogen) atoms. The first kappa shape index (κ1) is 13.1. The summed E-state index contributed by atoms with van der Waals surface area (Å²) < 4.78 is 5.95. The SMILES string of the molecule is O=C1Cc2cc(OCC3CN3C3CCC3)ccc2CCN1. The Morgan fingerprint density at radius 3 is 3.00 bits per heavy atom. The number of nitrogens with zero attached hydrogens (tertiary/aromatic N) is 1. The number of amides is 1. The van der Waals surface area contributed by atoms with Crippen molar-refractivity contribution in [1.82, 2.24) is 10.2 Å². The second kappa shape index (κ2) is 5.34. The normalized spacial score (nSPS) is 28.1. The van der Waals surface area contributed by atoms with Gasteiger partial charge in [0.1, 0.15) is 12.4 Å². The summed E-state index contributed by atoms with van der Waals surface area (Å²) in [6.45, 7) is 2.71. The third kappa shape index (κ3) is 2.77. The van der Waals surface area contributed by atoms with Crippen LogP contribution in [0.15, 0.2) is 18.2 Å². The lowest BCUT2D eigenvalue weighted by Gasteiger charge is -2.27. The van der Waals surface area contributed by atoms with Gasteiger partial charge in [0.15, 0.2) is 0 Å². The topological polar surface area (TPSA) is 41.3 Å². The molecule has 1 saturated heterocycles. The fraction of sp³-hybridized carbons (Fsp3) is 0.588. The van der Waals surface area contributed by atoms with Crippen molar-refractivity contribution < 1.29 is 9.53 Å². The zero-order valence-corrected chi connectivity index (χ0v) is 12.3. The maximum Gasteiger partial charge on any atom is 0.224 e. The van der Waals surface area contributed by atoms with E-state index < -0.39 is 0 Å². The van der Waals surface area contributed by atoms with E-state index in [1.165, 1.54) is 31.4 Å². The minimum absolute atomic E-state index is 0.115. The van der Waals surface area contributed by atoms with Crippen molar-refractivity contribution in [1.29, 1.82) is 0 Å². The van der Waals surface area contributed by atoms with Gasteiger partial charge < -0.3 is 10.1 Å². The second-order valence-corrected chi connectivity index (χ2v) is 6.45. The molecule has 0 radical (unpaired) electrons. The molecule has 0 bridgehead atoms. The fourth-order valence-electron chi connectivity index (χ4n) is 3.38. The molecule has 1 saturated carbocycles. The Labute approximate surface area is 125 Å². The maximum absolute atomic E-state index is 11.6. The maximum atomic E-state index is 11.6. The summed E-state index contributed by atoms with van der Waals surface area (Å²) in [7, 11) is 0. The molecule has 2 atom stereocenters. The van der Waals surface area contributed by atoms with Crippen molar-refractivity contribution in [2.45, 2.75) is 44.2 Å². The third-order valence-corrected chi connectivity index (χ3v) is 4.99. The highest BCUT2D eigenvalue weighted by Gasteiger charge is 2.42. The van der Waals surface area contributed by atoms with E-state index in [1.807, 2.05) is 6.07 Å². The van der Waals surface area contributed by atoms with Crippen molar-refractivity contribution in [3.63, 3.8) is 0 Å². The minimum atomic E-state index is 0.115. The van der Waals surface area contributed by atoms with Crippen LogP contribution in [0.1, 0.15) is 30.4 Å². The predicted molar refractivity (Wildman–Crippen MR) is 80.5 cm³/mol. The lowest BCUT2D eigenvalue weighted by atomic mass is 9.93. The Morgan fingerprint density at radius 2 is 2.19 bits per heavy atom. The van der Waals surface area contributed by atoms with E-state index in [0.29, 0.717) is 12.5 Å². The summed E-state index contributed by atoms with van der Waals surface area (Å²) in [5.74, 6) is 1.02. The molecule has 0 spiro atoms. The predicted octanol–water partition coefficient (Wildman–Crippen LogP) is 1.52. The van der Waals surface area contributed by atoms with Crippen molar-refractivity contribution in [2.24, 2.45) is 0 Å². The number of carbonyl (C=O) groups excluding carboxylic acids is 1. The molecule has 4 heteroatoms. The van der Waals surface area contributed by atoms with Crippen LogP contribution < -0.4 is 10.1 Å². The molecule has 4 rings (SSSR count). The molecule has 2 aliphatic heterocycles. The highest BCUT2D eigenvalue weighted by molar-refractivity contribution is 5.79. The quantitative estimate of drug-likeness (QED) is 0.853. The Kier molecular flexibility index (Phi) is 3.34. The molecule has 2 heterocycles.